The predicted octanol–water partition coefficient (Wildman–Crippen LogP) is 3.08. The van der Waals surface area contributed by atoms with Gasteiger partial charge in [-0.25, -0.2) is 4.98 Å². The molecular formula is C20H21N5O2. The maximum absolute atomic E-state index is 12.5. The summed E-state index contributed by atoms with van der Waals surface area (Å²) >= 11 is 0. The van der Waals surface area contributed by atoms with Crippen molar-refractivity contribution in [3.63, 3.8) is 0 Å². The van der Waals surface area contributed by atoms with Gasteiger partial charge in [-0.2, -0.15) is 4.98 Å². The standard InChI is InChI=1S/C20H21N5O2/c1-25(19(26)14-7-4-3-5-8-14)13-16-12-18(24-20(21)23-16)22-15-9-6-10-17(11-15)27-2/h3-12H,13H2,1-2H3,(H3,21,22,23,24). The van der Waals surface area contributed by atoms with Crippen LogP contribution >= 0.6 is 0 Å². The molecule has 27 heavy (non-hydrogen) atoms. The van der Waals surface area contributed by atoms with E-state index >= 15 is 0 Å². The van der Waals surface area contributed by atoms with Gasteiger partial charge in [0.15, 0.2) is 0 Å². The first-order valence-electron chi connectivity index (χ1n) is 8.40. The highest BCUT2D eigenvalue weighted by atomic mass is 16.5. The van der Waals surface area contributed by atoms with Crippen LogP contribution in [0.2, 0.25) is 0 Å². The maximum atomic E-state index is 12.5. The predicted molar refractivity (Wildman–Crippen MR) is 105 cm³/mol. The van der Waals surface area contributed by atoms with Crippen molar-refractivity contribution in [1.29, 1.82) is 0 Å². The summed E-state index contributed by atoms with van der Waals surface area (Å²) < 4.78 is 5.22. The van der Waals surface area contributed by atoms with Gasteiger partial charge in [-0.15, -0.1) is 0 Å². The van der Waals surface area contributed by atoms with Crippen LogP contribution in [0.4, 0.5) is 17.5 Å². The molecule has 3 rings (SSSR count). The fraction of sp³-hybridized carbons (Fsp3) is 0.150. The lowest BCUT2D eigenvalue weighted by molar-refractivity contribution is 0.0783. The molecule has 2 aromatic carbocycles. The number of rotatable bonds is 6. The molecule has 0 saturated carbocycles. The molecule has 138 valence electrons. The molecule has 7 nitrogen and oxygen atoms in total. The van der Waals surface area contributed by atoms with E-state index in [2.05, 4.69) is 15.3 Å². The Balaban J connectivity index is 1.75. The second kappa shape index (κ2) is 8.18. The molecule has 0 spiro atoms. The van der Waals surface area contributed by atoms with E-state index in [4.69, 9.17) is 10.5 Å². The van der Waals surface area contributed by atoms with E-state index in [-0.39, 0.29) is 11.9 Å². The van der Waals surface area contributed by atoms with Crippen LogP contribution < -0.4 is 15.8 Å². The fourth-order valence-corrected chi connectivity index (χ4v) is 2.63. The Kier molecular flexibility index (Phi) is 5.51. The van der Waals surface area contributed by atoms with Crippen LogP contribution in [0.15, 0.2) is 60.7 Å². The van der Waals surface area contributed by atoms with Crippen LogP contribution in [0.25, 0.3) is 0 Å². The van der Waals surface area contributed by atoms with Gasteiger partial charge in [0.25, 0.3) is 5.91 Å². The molecule has 1 aromatic heterocycles. The Bertz CT molecular complexity index is 931. The van der Waals surface area contributed by atoms with Gasteiger partial charge in [-0.05, 0) is 24.3 Å². The van der Waals surface area contributed by atoms with Crippen molar-refractivity contribution >= 4 is 23.4 Å². The monoisotopic (exact) mass is 363 g/mol. The van der Waals surface area contributed by atoms with Gasteiger partial charge in [-0.1, -0.05) is 24.3 Å². The first-order chi connectivity index (χ1) is 13.0. The molecule has 0 radical (unpaired) electrons. The van der Waals surface area contributed by atoms with Crippen molar-refractivity contribution in [3.05, 3.63) is 71.9 Å². The highest BCUT2D eigenvalue weighted by molar-refractivity contribution is 5.93. The lowest BCUT2D eigenvalue weighted by atomic mass is 10.2. The minimum Gasteiger partial charge on any atom is -0.497 e. The van der Waals surface area contributed by atoms with Gasteiger partial charge >= 0.3 is 0 Å². The van der Waals surface area contributed by atoms with E-state index in [1.807, 2.05) is 42.5 Å². The van der Waals surface area contributed by atoms with Gasteiger partial charge in [0.05, 0.1) is 19.3 Å². The number of hydrogen-bond donors (Lipinski definition) is 2. The van der Waals surface area contributed by atoms with E-state index in [0.717, 1.165) is 11.4 Å². The normalized spacial score (nSPS) is 10.3. The Morgan fingerprint density at radius 3 is 2.63 bits per heavy atom. The number of hydrogen-bond acceptors (Lipinski definition) is 6. The second-order valence-electron chi connectivity index (χ2n) is 5.99. The van der Waals surface area contributed by atoms with Crippen molar-refractivity contribution in [2.24, 2.45) is 0 Å². The smallest absolute Gasteiger partial charge is 0.253 e. The Morgan fingerprint density at radius 1 is 1.11 bits per heavy atom. The average molecular weight is 363 g/mol. The molecule has 3 N–H and O–H groups in total. The number of benzene rings is 2. The Morgan fingerprint density at radius 2 is 1.89 bits per heavy atom. The van der Waals surface area contributed by atoms with Crippen LogP contribution in [0, 0.1) is 0 Å². The third-order valence-electron chi connectivity index (χ3n) is 3.91. The highest BCUT2D eigenvalue weighted by Crippen LogP contribution is 2.21. The van der Waals surface area contributed by atoms with Gasteiger partial charge < -0.3 is 20.7 Å². The summed E-state index contributed by atoms with van der Waals surface area (Å²) in [5.41, 5.74) is 7.91. The van der Waals surface area contributed by atoms with Gasteiger partial charge in [-0.3, -0.25) is 4.79 Å². The molecule has 1 amide bonds. The molecule has 0 aliphatic carbocycles. The third-order valence-corrected chi connectivity index (χ3v) is 3.91. The minimum absolute atomic E-state index is 0.0879. The summed E-state index contributed by atoms with van der Waals surface area (Å²) in [7, 11) is 3.34. The molecule has 0 saturated heterocycles. The largest absolute Gasteiger partial charge is 0.497 e. The summed E-state index contributed by atoms with van der Waals surface area (Å²) in [5, 5.41) is 3.18. The Hall–Kier alpha value is -3.61. The van der Waals surface area contributed by atoms with Crippen LogP contribution in [-0.4, -0.2) is 34.9 Å². The molecule has 7 heteroatoms. The zero-order chi connectivity index (χ0) is 19.2. The van der Waals surface area contributed by atoms with E-state index in [1.54, 1.807) is 37.3 Å². The number of ether oxygens (including phenoxy) is 1. The quantitative estimate of drug-likeness (QED) is 0.699. The third kappa shape index (κ3) is 4.72. The van der Waals surface area contributed by atoms with Crippen LogP contribution in [0.1, 0.15) is 16.1 Å². The zero-order valence-corrected chi connectivity index (χ0v) is 15.2. The number of nitrogen functional groups attached to an aromatic ring is 1. The first kappa shape index (κ1) is 18.2. The van der Waals surface area contributed by atoms with E-state index in [1.165, 1.54) is 0 Å². The molecule has 0 unspecified atom stereocenters. The molecule has 0 aliphatic rings. The molecule has 0 atom stereocenters. The number of anilines is 3. The summed E-state index contributed by atoms with van der Waals surface area (Å²) in [6, 6.07) is 18.3. The van der Waals surface area contributed by atoms with E-state index in [0.29, 0.717) is 23.6 Å². The number of methoxy groups -OCH3 is 1. The van der Waals surface area contributed by atoms with Crippen LogP contribution in [-0.2, 0) is 6.54 Å². The topological polar surface area (TPSA) is 93.4 Å². The van der Waals surface area contributed by atoms with Gasteiger partial charge in [0.2, 0.25) is 5.95 Å². The summed E-state index contributed by atoms with van der Waals surface area (Å²) in [6.45, 7) is 0.313. The highest BCUT2D eigenvalue weighted by Gasteiger charge is 2.13. The number of nitrogens with two attached hydrogens (primary N) is 1. The molecule has 0 aliphatic heterocycles. The van der Waals surface area contributed by atoms with Crippen molar-refractivity contribution in [2.75, 3.05) is 25.2 Å². The molecule has 0 fully saturated rings. The van der Waals surface area contributed by atoms with Gasteiger partial charge in [0, 0.05) is 30.4 Å². The number of nitrogens with zero attached hydrogens (tertiary/aromatic N) is 3. The number of aromatic nitrogens is 2. The first-order valence-corrected chi connectivity index (χ1v) is 8.40. The Labute approximate surface area is 157 Å². The second-order valence-corrected chi connectivity index (χ2v) is 5.99. The fourth-order valence-electron chi connectivity index (χ4n) is 2.63. The minimum atomic E-state index is -0.0879. The number of nitrogens with one attached hydrogen (secondary N) is 1. The molecule has 3 aromatic rings. The SMILES string of the molecule is COc1cccc(Nc2cc(CN(C)C(=O)c3ccccc3)nc(N)n2)c1. The molecule has 0 bridgehead atoms. The van der Waals surface area contributed by atoms with Gasteiger partial charge in [0.1, 0.15) is 11.6 Å². The van der Waals surface area contributed by atoms with E-state index < -0.39 is 0 Å². The summed E-state index contributed by atoms with van der Waals surface area (Å²) in [5.74, 6) is 1.33. The zero-order valence-electron chi connectivity index (χ0n) is 15.2. The van der Waals surface area contributed by atoms with E-state index in [9.17, 15) is 4.79 Å². The van der Waals surface area contributed by atoms with Crippen LogP contribution in [0.3, 0.4) is 0 Å². The number of carbonyl (C=O) groups is 1. The molecule has 1 heterocycles. The summed E-state index contributed by atoms with van der Waals surface area (Å²) in [4.78, 5) is 22.5. The lowest BCUT2D eigenvalue weighted by Gasteiger charge is -2.17. The maximum Gasteiger partial charge on any atom is 0.253 e. The van der Waals surface area contributed by atoms with Crippen molar-refractivity contribution in [3.8, 4) is 5.75 Å². The van der Waals surface area contributed by atoms with Crippen molar-refractivity contribution < 1.29 is 9.53 Å². The summed E-state index contributed by atoms with van der Waals surface area (Å²) in [6.07, 6.45) is 0. The average Bonchev–Trinajstić information content (AvgIpc) is 2.67. The van der Waals surface area contributed by atoms with Crippen molar-refractivity contribution in [2.45, 2.75) is 6.54 Å². The van der Waals surface area contributed by atoms with Crippen LogP contribution in [0.5, 0.6) is 5.75 Å². The lowest BCUT2D eigenvalue weighted by Crippen LogP contribution is -2.26. The number of carbonyl (C=O) groups excluding carboxylic acids is 1. The number of amides is 1. The molecular weight excluding hydrogens is 342 g/mol. The van der Waals surface area contributed by atoms with Crippen molar-refractivity contribution in [1.82, 2.24) is 14.9 Å².